The number of benzene rings is 2. The third-order valence-corrected chi connectivity index (χ3v) is 6.95. The molecule has 1 fully saturated rings. The van der Waals surface area contributed by atoms with E-state index in [1.807, 2.05) is 42.2 Å². The molecule has 0 amide bonds. The first-order valence-corrected chi connectivity index (χ1v) is 11.1. The van der Waals surface area contributed by atoms with Gasteiger partial charge in [0, 0.05) is 29.6 Å². The van der Waals surface area contributed by atoms with E-state index in [9.17, 15) is 8.78 Å². The van der Waals surface area contributed by atoms with Crippen LogP contribution in [0.4, 0.5) is 14.7 Å². The van der Waals surface area contributed by atoms with E-state index < -0.39 is 12.2 Å². The lowest BCUT2D eigenvalue weighted by Gasteiger charge is -2.34. The lowest BCUT2D eigenvalue weighted by Crippen LogP contribution is -2.50. The SMILES string of the molecule is Cc1nc(-c2ccccc2)sc1Cn1c(N2CCC(F)C(N)C2)nc2cc(F)ccc21. The number of nitrogens with two attached hydrogens (primary N) is 1. The Morgan fingerprint density at radius 1 is 1.16 bits per heavy atom. The van der Waals surface area contributed by atoms with Gasteiger partial charge in [0.25, 0.3) is 0 Å². The van der Waals surface area contributed by atoms with E-state index in [0.29, 0.717) is 37.5 Å². The Kier molecular flexibility index (Phi) is 5.19. The number of rotatable bonds is 4. The number of imidazole rings is 1. The molecule has 0 saturated carbocycles. The zero-order chi connectivity index (χ0) is 21.5. The van der Waals surface area contributed by atoms with Gasteiger partial charge in [0.05, 0.1) is 29.3 Å². The van der Waals surface area contributed by atoms with Gasteiger partial charge in [0.2, 0.25) is 5.95 Å². The van der Waals surface area contributed by atoms with Crippen molar-refractivity contribution in [3.8, 4) is 10.6 Å². The molecule has 2 unspecified atom stereocenters. The molecule has 2 aromatic heterocycles. The fraction of sp³-hybridized carbons (Fsp3) is 0.304. The first-order chi connectivity index (χ1) is 15.0. The minimum atomic E-state index is -1.01. The summed E-state index contributed by atoms with van der Waals surface area (Å²) in [5.41, 5.74) is 9.45. The zero-order valence-electron chi connectivity index (χ0n) is 17.1. The maximum absolute atomic E-state index is 14.0. The Balaban J connectivity index is 1.56. The van der Waals surface area contributed by atoms with Crippen LogP contribution in [0.25, 0.3) is 21.6 Å². The fourth-order valence-electron chi connectivity index (χ4n) is 4.05. The van der Waals surface area contributed by atoms with Gasteiger partial charge in [0.1, 0.15) is 17.0 Å². The Labute approximate surface area is 183 Å². The summed E-state index contributed by atoms with van der Waals surface area (Å²) >= 11 is 1.64. The maximum atomic E-state index is 14.0. The molecule has 1 saturated heterocycles. The minimum Gasteiger partial charge on any atom is -0.340 e. The molecule has 3 heterocycles. The minimum absolute atomic E-state index is 0.330. The van der Waals surface area contributed by atoms with E-state index in [4.69, 9.17) is 15.7 Å². The molecule has 0 spiro atoms. The van der Waals surface area contributed by atoms with Crippen LogP contribution in [0, 0.1) is 12.7 Å². The molecule has 2 aromatic carbocycles. The van der Waals surface area contributed by atoms with Crippen molar-refractivity contribution < 1.29 is 8.78 Å². The molecule has 31 heavy (non-hydrogen) atoms. The molecule has 1 aliphatic heterocycles. The van der Waals surface area contributed by atoms with Crippen LogP contribution < -0.4 is 10.6 Å². The van der Waals surface area contributed by atoms with Crippen molar-refractivity contribution in [2.24, 2.45) is 5.73 Å². The van der Waals surface area contributed by atoms with Gasteiger partial charge in [-0.2, -0.15) is 0 Å². The van der Waals surface area contributed by atoms with E-state index in [1.54, 1.807) is 17.4 Å². The molecule has 0 radical (unpaired) electrons. The van der Waals surface area contributed by atoms with Crippen LogP contribution in [0.3, 0.4) is 0 Å². The number of anilines is 1. The average Bonchev–Trinajstić information content (AvgIpc) is 3.31. The molecule has 2 atom stereocenters. The van der Waals surface area contributed by atoms with Crippen molar-refractivity contribution in [2.75, 3.05) is 18.0 Å². The van der Waals surface area contributed by atoms with Gasteiger partial charge in [0.15, 0.2) is 0 Å². The van der Waals surface area contributed by atoms with Crippen LogP contribution in [0.15, 0.2) is 48.5 Å². The largest absolute Gasteiger partial charge is 0.340 e. The lowest BCUT2D eigenvalue weighted by molar-refractivity contribution is 0.243. The van der Waals surface area contributed by atoms with Gasteiger partial charge in [-0.3, -0.25) is 0 Å². The first-order valence-electron chi connectivity index (χ1n) is 10.3. The molecule has 4 aromatic rings. The number of fused-ring (bicyclic) bond motifs is 1. The summed E-state index contributed by atoms with van der Waals surface area (Å²) in [5, 5.41) is 0.963. The van der Waals surface area contributed by atoms with Crippen molar-refractivity contribution in [1.82, 2.24) is 14.5 Å². The maximum Gasteiger partial charge on any atom is 0.206 e. The summed E-state index contributed by atoms with van der Waals surface area (Å²) in [7, 11) is 0. The van der Waals surface area contributed by atoms with E-state index in [0.717, 1.165) is 26.7 Å². The van der Waals surface area contributed by atoms with Gasteiger partial charge >= 0.3 is 0 Å². The Hall–Kier alpha value is -2.84. The van der Waals surface area contributed by atoms with Crippen molar-refractivity contribution in [2.45, 2.75) is 32.1 Å². The summed E-state index contributed by atoms with van der Waals surface area (Å²) in [6.45, 7) is 3.46. The van der Waals surface area contributed by atoms with Gasteiger partial charge in [-0.15, -0.1) is 11.3 Å². The Morgan fingerprint density at radius 3 is 2.74 bits per heavy atom. The lowest BCUT2D eigenvalue weighted by atomic mass is 10.1. The quantitative estimate of drug-likeness (QED) is 0.508. The van der Waals surface area contributed by atoms with Crippen LogP contribution in [-0.2, 0) is 6.54 Å². The molecule has 160 valence electrons. The number of piperidine rings is 1. The number of aryl methyl sites for hydroxylation is 1. The van der Waals surface area contributed by atoms with Gasteiger partial charge in [-0.1, -0.05) is 30.3 Å². The third kappa shape index (κ3) is 3.81. The highest BCUT2D eigenvalue weighted by molar-refractivity contribution is 7.15. The van der Waals surface area contributed by atoms with Crippen LogP contribution >= 0.6 is 11.3 Å². The number of halogens is 2. The first kappa shape index (κ1) is 20.1. The van der Waals surface area contributed by atoms with Crippen LogP contribution in [0.1, 0.15) is 17.0 Å². The highest BCUT2D eigenvalue weighted by Crippen LogP contribution is 2.32. The zero-order valence-corrected chi connectivity index (χ0v) is 17.9. The summed E-state index contributed by atoms with van der Waals surface area (Å²) < 4.78 is 29.9. The van der Waals surface area contributed by atoms with Gasteiger partial charge in [-0.25, -0.2) is 18.7 Å². The molecule has 0 aliphatic carbocycles. The highest BCUT2D eigenvalue weighted by Gasteiger charge is 2.29. The average molecular weight is 440 g/mol. The summed E-state index contributed by atoms with van der Waals surface area (Å²) in [6.07, 6.45) is -0.653. The molecule has 0 bridgehead atoms. The molecule has 5 nitrogen and oxygen atoms in total. The van der Waals surface area contributed by atoms with Gasteiger partial charge in [-0.05, 0) is 25.5 Å². The highest BCUT2D eigenvalue weighted by atomic mass is 32.1. The standard InChI is InChI=1S/C23H23F2N5S/c1-14-21(31-22(27-14)15-5-3-2-4-6-15)13-30-20-8-7-16(24)11-19(20)28-23(30)29-10-9-17(25)18(26)12-29/h2-8,11,17-18H,9-10,12-13,26H2,1H3. The van der Waals surface area contributed by atoms with Crippen molar-refractivity contribution >= 4 is 28.3 Å². The number of hydrogen-bond acceptors (Lipinski definition) is 5. The second kappa shape index (κ2) is 8.01. The summed E-state index contributed by atoms with van der Waals surface area (Å²) in [4.78, 5) is 12.6. The second-order valence-corrected chi connectivity index (χ2v) is 9.02. The Bertz CT molecular complexity index is 1220. The van der Waals surface area contributed by atoms with E-state index >= 15 is 0 Å². The predicted molar refractivity (Wildman–Crippen MR) is 121 cm³/mol. The number of thiazole rings is 1. The number of alkyl halides is 1. The monoisotopic (exact) mass is 439 g/mol. The molecule has 8 heteroatoms. The van der Waals surface area contributed by atoms with Crippen LogP contribution in [0.2, 0.25) is 0 Å². The van der Waals surface area contributed by atoms with Crippen molar-refractivity contribution in [3.05, 3.63) is 64.9 Å². The number of nitrogens with zero attached hydrogens (tertiary/aromatic N) is 4. The fourth-order valence-corrected chi connectivity index (χ4v) is 5.10. The van der Waals surface area contributed by atoms with E-state index in [1.165, 1.54) is 12.1 Å². The molecule has 2 N–H and O–H groups in total. The summed E-state index contributed by atoms with van der Waals surface area (Å²) in [6, 6.07) is 14.1. The smallest absolute Gasteiger partial charge is 0.206 e. The third-order valence-electron chi connectivity index (χ3n) is 5.76. The summed E-state index contributed by atoms with van der Waals surface area (Å²) in [5.74, 6) is 0.361. The normalized spacial score (nSPS) is 19.3. The second-order valence-electron chi connectivity index (χ2n) is 7.94. The topological polar surface area (TPSA) is 60.0 Å². The van der Waals surface area contributed by atoms with Gasteiger partial charge < -0.3 is 15.2 Å². The molecule has 5 rings (SSSR count). The molecular weight excluding hydrogens is 416 g/mol. The molecule has 1 aliphatic rings. The van der Waals surface area contributed by atoms with Crippen LogP contribution in [0.5, 0.6) is 0 Å². The number of hydrogen-bond donors (Lipinski definition) is 1. The van der Waals surface area contributed by atoms with Crippen molar-refractivity contribution in [3.63, 3.8) is 0 Å². The molecular formula is C23H23F2N5S. The van der Waals surface area contributed by atoms with E-state index in [2.05, 4.69) is 4.57 Å². The van der Waals surface area contributed by atoms with E-state index in [-0.39, 0.29) is 5.82 Å². The van der Waals surface area contributed by atoms with Crippen molar-refractivity contribution in [1.29, 1.82) is 0 Å². The number of aromatic nitrogens is 3. The van der Waals surface area contributed by atoms with Crippen LogP contribution in [-0.4, -0.2) is 39.8 Å². The predicted octanol–water partition coefficient (Wildman–Crippen LogP) is 4.53. The Morgan fingerprint density at radius 2 is 1.97 bits per heavy atom.